The van der Waals surface area contributed by atoms with Crippen LogP contribution in [0.1, 0.15) is 67.2 Å². The summed E-state index contributed by atoms with van der Waals surface area (Å²) in [5.41, 5.74) is 11.3. The van der Waals surface area contributed by atoms with Crippen LogP contribution in [0, 0.1) is 17.8 Å². The summed E-state index contributed by atoms with van der Waals surface area (Å²) in [7, 11) is 0. The molecule has 0 aliphatic heterocycles. The van der Waals surface area contributed by atoms with Gasteiger partial charge in [-0.25, -0.2) is 4.79 Å². The molecule has 3 amide bonds. The van der Waals surface area contributed by atoms with E-state index in [0.29, 0.717) is 25.8 Å². The van der Waals surface area contributed by atoms with Gasteiger partial charge in [-0.1, -0.05) is 41.5 Å². The van der Waals surface area contributed by atoms with Gasteiger partial charge in [-0.05, 0) is 50.0 Å². The molecule has 10 nitrogen and oxygen atoms in total. The number of unbranched alkanes of at least 4 members (excludes halogenated alkanes) is 1. The quantitative estimate of drug-likeness (QED) is 0.192. The third-order valence-corrected chi connectivity index (χ3v) is 5.17. The first kappa shape index (κ1) is 29.8. The van der Waals surface area contributed by atoms with Crippen LogP contribution in [0.2, 0.25) is 0 Å². The fraction of sp³-hybridized carbons (Fsp3) is 0.818. The lowest BCUT2D eigenvalue weighted by atomic mass is 9.98. The van der Waals surface area contributed by atoms with Crippen molar-refractivity contribution in [1.82, 2.24) is 16.0 Å². The second kappa shape index (κ2) is 14.8. The molecule has 0 spiro atoms. The largest absolute Gasteiger partial charge is 0.480 e. The molecule has 0 aromatic carbocycles. The lowest BCUT2D eigenvalue weighted by molar-refractivity contribution is -0.143. The number of aliphatic carboxylic acids is 1. The molecule has 0 bridgehead atoms. The lowest BCUT2D eigenvalue weighted by Gasteiger charge is -2.28. The van der Waals surface area contributed by atoms with Gasteiger partial charge < -0.3 is 32.5 Å². The fourth-order valence-electron chi connectivity index (χ4n) is 3.07. The average molecular weight is 458 g/mol. The van der Waals surface area contributed by atoms with Crippen LogP contribution in [-0.4, -0.2) is 59.5 Å². The molecule has 0 heterocycles. The molecule has 8 N–H and O–H groups in total. The molecule has 0 rings (SSSR count). The SMILES string of the molecule is CC(C)CC(NC(=O)C(N)C(C)C)C(=O)NC(C(=O)NC(CCCCN)C(=O)O)C(C)C. The Hall–Kier alpha value is -2.20. The van der Waals surface area contributed by atoms with Crippen LogP contribution in [0.15, 0.2) is 0 Å². The molecule has 0 aromatic heterocycles. The molecular formula is C22H43N5O5. The highest BCUT2D eigenvalue weighted by Gasteiger charge is 2.32. The van der Waals surface area contributed by atoms with Gasteiger partial charge >= 0.3 is 5.97 Å². The van der Waals surface area contributed by atoms with Crippen LogP contribution in [0.25, 0.3) is 0 Å². The number of carboxylic acids is 1. The van der Waals surface area contributed by atoms with Crippen molar-refractivity contribution in [2.45, 2.75) is 91.4 Å². The Morgan fingerprint density at radius 3 is 1.78 bits per heavy atom. The molecule has 0 aromatic rings. The summed E-state index contributed by atoms with van der Waals surface area (Å²) in [4.78, 5) is 49.7. The predicted octanol–water partition coefficient (Wildman–Crippen LogP) is 0.340. The van der Waals surface area contributed by atoms with E-state index in [1.807, 2.05) is 27.7 Å². The zero-order chi connectivity index (χ0) is 25.0. The molecule has 0 radical (unpaired) electrons. The summed E-state index contributed by atoms with van der Waals surface area (Å²) >= 11 is 0. The lowest BCUT2D eigenvalue weighted by Crippen LogP contribution is -2.59. The van der Waals surface area contributed by atoms with Gasteiger partial charge in [-0.15, -0.1) is 0 Å². The van der Waals surface area contributed by atoms with Crippen molar-refractivity contribution < 1.29 is 24.3 Å². The zero-order valence-electron chi connectivity index (χ0n) is 20.3. The molecule has 0 saturated carbocycles. The number of hydrogen-bond donors (Lipinski definition) is 6. The Bertz CT molecular complexity index is 624. The molecule has 0 fully saturated rings. The van der Waals surface area contributed by atoms with Crippen molar-refractivity contribution in [1.29, 1.82) is 0 Å². The number of rotatable bonds is 15. The maximum atomic E-state index is 13.0. The number of amides is 3. The van der Waals surface area contributed by atoms with Crippen LogP contribution in [0.3, 0.4) is 0 Å². The van der Waals surface area contributed by atoms with Gasteiger partial charge in [0.25, 0.3) is 0 Å². The minimum atomic E-state index is -1.14. The summed E-state index contributed by atoms with van der Waals surface area (Å²) in [6, 6.07) is -3.64. The highest BCUT2D eigenvalue weighted by atomic mass is 16.4. The average Bonchev–Trinajstić information content (AvgIpc) is 2.68. The predicted molar refractivity (Wildman–Crippen MR) is 123 cm³/mol. The van der Waals surface area contributed by atoms with Crippen molar-refractivity contribution in [3.63, 3.8) is 0 Å². The van der Waals surface area contributed by atoms with Gasteiger partial charge in [-0.2, -0.15) is 0 Å². The van der Waals surface area contributed by atoms with Crippen molar-refractivity contribution >= 4 is 23.7 Å². The Balaban J connectivity index is 5.37. The molecule has 4 unspecified atom stereocenters. The van der Waals surface area contributed by atoms with Crippen LogP contribution in [0.5, 0.6) is 0 Å². The van der Waals surface area contributed by atoms with Crippen molar-refractivity contribution in [3.05, 3.63) is 0 Å². The van der Waals surface area contributed by atoms with Gasteiger partial charge in [0.15, 0.2) is 0 Å². The van der Waals surface area contributed by atoms with E-state index in [-0.39, 0.29) is 24.2 Å². The summed E-state index contributed by atoms with van der Waals surface area (Å²) in [5.74, 6) is -2.96. The van der Waals surface area contributed by atoms with E-state index in [9.17, 15) is 24.3 Å². The number of nitrogens with two attached hydrogens (primary N) is 2. The van der Waals surface area contributed by atoms with E-state index in [0.717, 1.165) is 0 Å². The highest BCUT2D eigenvalue weighted by molar-refractivity contribution is 5.94. The van der Waals surface area contributed by atoms with E-state index in [1.165, 1.54) is 0 Å². The van der Waals surface area contributed by atoms with E-state index in [2.05, 4.69) is 16.0 Å². The number of carboxylic acid groups (broad SMARTS) is 1. The first-order valence-corrected chi connectivity index (χ1v) is 11.4. The third-order valence-electron chi connectivity index (χ3n) is 5.17. The van der Waals surface area contributed by atoms with E-state index in [1.54, 1.807) is 13.8 Å². The molecule has 32 heavy (non-hydrogen) atoms. The number of carbonyl (C=O) groups is 4. The van der Waals surface area contributed by atoms with Gasteiger partial charge in [-0.3, -0.25) is 14.4 Å². The van der Waals surface area contributed by atoms with Crippen LogP contribution >= 0.6 is 0 Å². The summed E-state index contributed by atoms with van der Waals surface area (Å²) in [6.45, 7) is 11.4. The molecule has 4 atom stereocenters. The van der Waals surface area contributed by atoms with E-state index >= 15 is 0 Å². The Labute approximate surface area is 191 Å². The first-order chi connectivity index (χ1) is 14.8. The van der Waals surface area contributed by atoms with Crippen LogP contribution in [-0.2, 0) is 19.2 Å². The standard InChI is InChI=1S/C22H43N5O5/c1-12(2)11-16(26-20(29)17(24)13(3)4)19(28)27-18(14(5)6)21(30)25-15(22(31)32)9-7-8-10-23/h12-18H,7-11,23-24H2,1-6H3,(H,25,30)(H,26,29)(H,27,28)(H,31,32). The Morgan fingerprint density at radius 1 is 0.781 bits per heavy atom. The fourth-order valence-corrected chi connectivity index (χ4v) is 3.07. The maximum absolute atomic E-state index is 13.0. The second-order valence-electron chi connectivity index (χ2n) is 9.37. The van der Waals surface area contributed by atoms with Gasteiger partial charge in [0, 0.05) is 0 Å². The first-order valence-electron chi connectivity index (χ1n) is 11.4. The van der Waals surface area contributed by atoms with Gasteiger partial charge in [0.2, 0.25) is 17.7 Å². The molecule has 0 aliphatic rings. The van der Waals surface area contributed by atoms with Gasteiger partial charge in [0.05, 0.1) is 6.04 Å². The monoisotopic (exact) mass is 457 g/mol. The molecule has 0 saturated heterocycles. The topological polar surface area (TPSA) is 177 Å². The smallest absolute Gasteiger partial charge is 0.326 e. The Morgan fingerprint density at radius 2 is 1.34 bits per heavy atom. The molecule has 0 aliphatic carbocycles. The minimum Gasteiger partial charge on any atom is -0.480 e. The molecule has 186 valence electrons. The number of hydrogen-bond acceptors (Lipinski definition) is 6. The highest BCUT2D eigenvalue weighted by Crippen LogP contribution is 2.10. The molecular weight excluding hydrogens is 414 g/mol. The summed E-state index contributed by atoms with van der Waals surface area (Å²) < 4.78 is 0. The second-order valence-corrected chi connectivity index (χ2v) is 9.37. The van der Waals surface area contributed by atoms with E-state index in [4.69, 9.17) is 11.5 Å². The van der Waals surface area contributed by atoms with Crippen LogP contribution < -0.4 is 27.4 Å². The zero-order valence-corrected chi connectivity index (χ0v) is 20.3. The van der Waals surface area contributed by atoms with Crippen molar-refractivity contribution in [2.24, 2.45) is 29.2 Å². The van der Waals surface area contributed by atoms with Crippen molar-refractivity contribution in [2.75, 3.05) is 6.54 Å². The Kier molecular flexibility index (Phi) is 13.8. The normalized spacial score (nSPS) is 15.2. The summed E-state index contributed by atoms with van der Waals surface area (Å²) in [6.07, 6.45) is 1.83. The minimum absolute atomic E-state index is 0.0980. The van der Waals surface area contributed by atoms with E-state index < -0.39 is 47.9 Å². The van der Waals surface area contributed by atoms with Gasteiger partial charge in [0.1, 0.15) is 18.1 Å². The maximum Gasteiger partial charge on any atom is 0.326 e. The summed E-state index contributed by atoms with van der Waals surface area (Å²) in [5, 5.41) is 17.3. The van der Waals surface area contributed by atoms with Crippen molar-refractivity contribution in [3.8, 4) is 0 Å². The molecule has 10 heteroatoms. The number of nitrogens with one attached hydrogen (secondary N) is 3. The third kappa shape index (κ3) is 10.9. The van der Waals surface area contributed by atoms with Crippen LogP contribution in [0.4, 0.5) is 0 Å². The number of carbonyl (C=O) groups excluding carboxylic acids is 3.